The lowest BCUT2D eigenvalue weighted by Crippen LogP contribution is -2.33. The van der Waals surface area contributed by atoms with Crippen molar-refractivity contribution in [2.45, 2.75) is 45.8 Å². The van der Waals surface area contributed by atoms with Gasteiger partial charge in [0.1, 0.15) is 11.3 Å². The van der Waals surface area contributed by atoms with E-state index in [1.54, 1.807) is 12.1 Å². The molecule has 2 aromatic rings. The first-order valence-electron chi connectivity index (χ1n) is 8.66. The lowest BCUT2D eigenvalue weighted by atomic mass is 10.1. The number of para-hydroxylation sites is 1. The number of hydrogen-bond donors (Lipinski definition) is 1. The SMILES string of the molecule is CC(C)Oc1ccc(CC[C@H](C)NC(=O)c2ccccc2[N+](=O)[O-])cc1. The van der Waals surface area contributed by atoms with Crippen LogP contribution in [0.15, 0.2) is 48.5 Å². The summed E-state index contributed by atoms with van der Waals surface area (Å²) < 4.78 is 5.61. The molecule has 6 heteroatoms. The van der Waals surface area contributed by atoms with Gasteiger partial charge in [-0.25, -0.2) is 0 Å². The van der Waals surface area contributed by atoms with Crippen molar-refractivity contribution in [1.82, 2.24) is 5.32 Å². The van der Waals surface area contributed by atoms with Gasteiger partial charge in [-0.3, -0.25) is 14.9 Å². The first kappa shape index (κ1) is 19.4. The van der Waals surface area contributed by atoms with Crippen LogP contribution in [0.3, 0.4) is 0 Å². The topological polar surface area (TPSA) is 81.5 Å². The summed E-state index contributed by atoms with van der Waals surface area (Å²) in [6.07, 6.45) is 1.66. The predicted molar refractivity (Wildman–Crippen MR) is 101 cm³/mol. The van der Waals surface area contributed by atoms with Gasteiger partial charge in [0.25, 0.3) is 11.6 Å². The molecular formula is C20H24N2O4. The maximum Gasteiger partial charge on any atom is 0.282 e. The lowest BCUT2D eigenvalue weighted by molar-refractivity contribution is -0.385. The zero-order chi connectivity index (χ0) is 19.1. The lowest BCUT2D eigenvalue weighted by Gasteiger charge is -2.14. The van der Waals surface area contributed by atoms with E-state index < -0.39 is 10.8 Å². The minimum Gasteiger partial charge on any atom is -0.491 e. The van der Waals surface area contributed by atoms with E-state index in [1.165, 1.54) is 12.1 Å². The maximum absolute atomic E-state index is 12.3. The van der Waals surface area contributed by atoms with Crippen molar-refractivity contribution in [2.75, 3.05) is 0 Å². The van der Waals surface area contributed by atoms with Gasteiger partial charge in [-0.1, -0.05) is 24.3 Å². The van der Waals surface area contributed by atoms with E-state index in [2.05, 4.69) is 5.32 Å². The van der Waals surface area contributed by atoms with E-state index in [0.717, 1.165) is 24.2 Å². The van der Waals surface area contributed by atoms with Crippen LogP contribution in [0.5, 0.6) is 5.75 Å². The zero-order valence-electron chi connectivity index (χ0n) is 15.3. The summed E-state index contributed by atoms with van der Waals surface area (Å²) in [4.78, 5) is 22.8. The van der Waals surface area contributed by atoms with Crippen LogP contribution in [0.1, 0.15) is 43.1 Å². The molecule has 0 unspecified atom stereocenters. The number of amides is 1. The van der Waals surface area contributed by atoms with Gasteiger partial charge in [0.05, 0.1) is 11.0 Å². The number of rotatable bonds is 8. The van der Waals surface area contributed by atoms with Crippen LogP contribution in [-0.2, 0) is 6.42 Å². The van der Waals surface area contributed by atoms with E-state index in [0.29, 0.717) is 0 Å². The van der Waals surface area contributed by atoms with Crippen LogP contribution in [0, 0.1) is 10.1 Å². The number of nitro groups is 1. The summed E-state index contributed by atoms with van der Waals surface area (Å²) in [5.74, 6) is 0.409. The Hall–Kier alpha value is -2.89. The second-order valence-corrected chi connectivity index (χ2v) is 6.50. The average molecular weight is 356 g/mol. The van der Waals surface area contributed by atoms with E-state index >= 15 is 0 Å². The van der Waals surface area contributed by atoms with Gasteiger partial charge in [-0.15, -0.1) is 0 Å². The largest absolute Gasteiger partial charge is 0.491 e. The molecule has 0 aromatic heterocycles. The number of nitrogens with one attached hydrogen (secondary N) is 1. The van der Waals surface area contributed by atoms with Crippen molar-refractivity contribution in [3.05, 3.63) is 69.8 Å². The smallest absolute Gasteiger partial charge is 0.282 e. The number of carbonyl (C=O) groups is 1. The highest BCUT2D eigenvalue weighted by Crippen LogP contribution is 2.18. The summed E-state index contributed by atoms with van der Waals surface area (Å²) >= 11 is 0. The first-order valence-corrected chi connectivity index (χ1v) is 8.66. The number of ether oxygens (including phenoxy) is 1. The maximum atomic E-state index is 12.3. The number of carbonyl (C=O) groups excluding carboxylic acids is 1. The van der Waals surface area contributed by atoms with Crippen molar-refractivity contribution >= 4 is 11.6 Å². The fourth-order valence-corrected chi connectivity index (χ4v) is 2.59. The second-order valence-electron chi connectivity index (χ2n) is 6.50. The van der Waals surface area contributed by atoms with Crippen LogP contribution in [0.25, 0.3) is 0 Å². The second kappa shape index (κ2) is 8.99. The highest BCUT2D eigenvalue weighted by Gasteiger charge is 2.20. The first-order chi connectivity index (χ1) is 12.4. The van der Waals surface area contributed by atoms with Crippen LogP contribution in [0.2, 0.25) is 0 Å². The van der Waals surface area contributed by atoms with Crippen LogP contribution < -0.4 is 10.1 Å². The van der Waals surface area contributed by atoms with Gasteiger partial charge in [0.15, 0.2) is 0 Å². The zero-order valence-corrected chi connectivity index (χ0v) is 15.3. The molecule has 0 fully saturated rings. The van der Waals surface area contributed by atoms with Gasteiger partial charge >= 0.3 is 0 Å². The average Bonchev–Trinajstić information content (AvgIpc) is 2.60. The molecule has 0 bridgehead atoms. The van der Waals surface area contributed by atoms with Gasteiger partial charge in [-0.2, -0.15) is 0 Å². The highest BCUT2D eigenvalue weighted by molar-refractivity contribution is 5.98. The summed E-state index contributed by atoms with van der Waals surface area (Å²) in [6.45, 7) is 5.85. The van der Waals surface area contributed by atoms with Crippen LogP contribution >= 0.6 is 0 Å². The molecule has 2 aromatic carbocycles. The third-order valence-electron chi connectivity index (χ3n) is 3.88. The molecule has 1 N–H and O–H groups in total. The number of nitro benzene ring substituents is 1. The van der Waals surface area contributed by atoms with E-state index in [1.807, 2.05) is 45.0 Å². The molecule has 138 valence electrons. The molecule has 0 aliphatic rings. The number of aryl methyl sites for hydroxylation is 1. The quantitative estimate of drug-likeness (QED) is 0.569. The highest BCUT2D eigenvalue weighted by atomic mass is 16.6. The van der Waals surface area contributed by atoms with E-state index in [4.69, 9.17) is 4.74 Å². The standard InChI is InChI=1S/C20H24N2O4/c1-14(2)26-17-12-10-16(11-13-17)9-8-15(3)21-20(23)18-6-4-5-7-19(18)22(24)25/h4-7,10-15H,8-9H2,1-3H3,(H,21,23)/t15-/m0/s1. The summed E-state index contributed by atoms with van der Waals surface area (Å²) in [6, 6.07) is 13.8. The van der Waals surface area contributed by atoms with Crippen LogP contribution in [-0.4, -0.2) is 23.0 Å². The molecule has 0 radical (unpaired) electrons. The monoisotopic (exact) mass is 356 g/mol. The number of benzene rings is 2. The molecule has 1 amide bonds. The van der Waals surface area contributed by atoms with Gasteiger partial charge in [0, 0.05) is 12.1 Å². The van der Waals surface area contributed by atoms with E-state index in [-0.39, 0.29) is 23.4 Å². The molecule has 0 spiro atoms. The molecule has 0 saturated carbocycles. The van der Waals surface area contributed by atoms with Crippen molar-refractivity contribution in [1.29, 1.82) is 0 Å². The number of hydrogen-bond acceptors (Lipinski definition) is 4. The summed E-state index contributed by atoms with van der Waals surface area (Å²) in [5.41, 5.74) is 1.05. The van der Waals surface area contributed by atoms with Gasteiger partial charge < -0.3 is 10.1 Å². The molecule has 0 aliphatic carbocycles. The molecule has 1 atom stereocenters. The van der Waals surface area contributed by atoms with Crippen molar-refractivity contribution in [3.63, 3.8) is 0 Å². The predicted octanol–water partition coefficient (Wildman–Crippen LogP) is 4.13. The van der Waals surface area contributed by atoms with Crippen molar-refractivity contribution < 1.29 is 14.5 Å². The van der Waals surface area contributed by atoms with Gasteiger partial charge in [-0.05, 0) is 57.4 Å². The Labute approximate surface area is 153 Å². The Morgan fingerprint density at radius 2 is 1.77 bits per heavy atom. The Morgan fingerprint density at radius 1 is 1.12 bits per heavy atom. The number of nitrogens with zero attached hydrogens (tertiary/aromatic N) is 1. The normalized spacial score (nSPS) is 11.8. The minimum atomic E-state index is -0.541. The fourth-order valence-electron chi connectivity index (χ4n) is 2.59. The third-order valence-corrected chi connectivity index (χ3v) is 3.88. The molecular weight excluding hydrogens is 332 g/mol. The van der Waals surface area contributed by atoms with Crippen LogP contribution in [0.4, 0.5) is 5.69 Å². The summed E-state index contributed by atoms with van der Waals surface area (Å²) in [7, 11) is 0. The third kappa shape index (κ3) is 5.58. The molecule has 0 saturated heterocycles. The van der Waals surface area contributed by atoms with E-state index in [9.17, 15) is 14.9 Å². The Balaban J connectivity index is 1.90. The van der Waals surface area contributed by atoms with Crippen molar-refractivity contribution in [3.8, 4) is 5.75 Å². The summed E-state index contributed by atoms with van der Waals surface area (Å²) in [5, 5.41) is 13.9. The fraction of sp³-hybridized carbons (Fsp3) is 0.350. The molecule has 2 rings (SSSR count). The molecule has 6 nitrogen and oxygen atoms in total. The molecule has 26 heavy (non-hydrogen) atoms. The molecule has 0 heterocycles. The Morgan fingerprint density at radius 3 is 2.38 bits per heavy atom. The van der Waals surface area contributed by atoms with Crippen molar-refractivity contribution in [2.24, 2.45) is 0 Å². The molecule has 0 aliphatic heterocycles. The Bertz CT molecular complexity index is 757. The van der Waals surface area contributed by atoms with Gasteiger partial charge in [0.2, 0.25) is 0 Å². The minimum absolute atomic E-state index is 0.0829. The Kier molecular flexibility index (Phi) is 6.72.